The zero-order valence-corrected chi connectivity index (χ0v) is 14.2. The molecule has 1 N–H and O–H groups in total. The van der Waals surface area contributed by atoms with Crippen molar-refractivity contribution < 1.29 is 9.53 Å². The van der Waals surface area contributed by atoms with E-state index >= 15 is 0 Å². The minimum Gasteiger partial charge on any atom is -0.457 e. The Morgan fingerprint density at radius 3 is 2.16 bits per heavy atom. The van der Waals surface area contributed by atoms with Crippen molar-refractivity contribution in [3.05, 3.63) is 54.6 Å². The predicted molar refractivity (Wildman–Crippen MR) is 98.1 cm³/mol. The van der Waals surface area contributed by atoms with Gasteiger partial charge in [0.15, 0.2) is 0 Å². The topological polar surface area (TPSA) is 44.8 Å². The molecule has 1 saturated heterocycles. The lowest BCUT2D eigenvalue weighted by atomic mass is 10.3. The average Bonchev–Trinajstić information content (AvgIpc) is 3.50. The van der Waals surface area contributed by atoms with Crippen LogP contribution in [-0.4, -0.2) is 48.1 Å². The second kappa shape index (κ2) is 7.15. The fraction of sp³-hybridized carbons (Fsp3) is 0.350. The molecular weight excluding hydrogens is 314 g/mol. The summed E-state index contributed by atoms with van der Waals surface area (Å²) in [5, 5.41) is 2.98. The maximum absolute atomic E-state index is 12.4. The van der Waals surface area contributed by atoms with E-state index in [4.69, 9.17) is 4.74 Å². The summed E-state index contributed by atoms with van der Waals surface area (Å²) >= 11 is 0. The van der Waals surface area contributed by atoms with Crippen LogP contribution in [0.1, 0.15) is 12.8 Å². The van der Waals surface area contributed by atoms with Crippen LogP contribution in [-0.2, 0) is 0 Å². The number of nitrogens with one attached hydrogen (secondary N) is 1. The Hall–Kier alpha value is -2.53. The molecule has 2 aromatic rings. The molecule has 1 heterocycles. The van der Waals surface area contributed by atoms with Crippen LogP contribution in [0, 0.1) is 0 Å². The van der Waals surface area contributed by atoms with Gasteiger partial charge in [-0.1, -0.05) is 18.2 Å². The quantitative estimate of drug-likeness (QED) is 0.923. The minimum absolute atomic E-state index is 0.0211. The molecule has 0 radical (unpaired) electrons. The van der Waals surface area contributed by atoms with Gasteiger partial charge in [0.05, 0.1) is 0 Å². The third-order valence-corrected chi connectivity index (χ3v) is 4.75. The number of carbonyl (C=O) groups is 1. The molecule has 1 aliphatic carbocycles. The van der Waals surface area contributed by atoms with E-state index in [1.54, 1.807) is 0 Å². The molecule has 1 saturated carbocycles. The molecular formula is C20H23N3O2. The lowest BCUT2D eigenvalue weighted by Gasteiger charge is -2.34. The number of hydrogen-bond donors (Lipinski definition) is 1. The summed E-state index contributed by atoms with van der Waals surface area (Å²) in [5.41, 5.74) is 0.787. The highest BCUT2D eigenvalue weighted by atomic mass is 16.5. The summed E-state index contributed by atoms with van der Waals surface area (Å²) < 4.78 is 5.77. The number of para-hydroxylation sites is 1. The van der Waals surface area contributed by atoms with Gasteiger partial charge in [0.25, 0.3) is 0 Å². The van der Waals surface area contributed by atoms with Crippen molar-refractivity contribution in [2.45, 2.75) is 18.9 Å². The van der Waals surface area contributed by atoms with Gasteiger partial charge in [0.1, 0.15) is 11.5 Å². The Bertz CT molecular complexity index is 705. The summed E-state index contributed by atoms with van der Waals surface area (Å²) in [7, 11) is 0. The maximum Gasteiger partial charge on any atom is 0.321 e. The normalized spacial score (nSPS) is 18.0. The predicted octanol–water partition coefficient (Wildman–Crippen LogP) is 3.79. The van der Waals surface area contributed by atoms with E-state index in [-0.39, 0.29) is 6.03 Å². The fourth-order valence-electron chi connectivity index (χ4n) is 3.16. The molecule has 0 unspecified atom stereocenters. The van der Waals surface area contributed by atoms with Gasteiger partial charge in [-0.15, -0.1) is 0 Å². The first kappa shape index (κ1) is 16.0. The van der Waals surface area contributed by atoms with Gasteiger partial charge in [-0.3, -0.25) is 4.90 Å². The minimum atomic E-state index is -0.0211. The van der Waals surface area contributed by atoms with E-state index in [1.165, 1.54) is 12.8 Å². The second-order valence-corrected chi connectivity index (χ2v) is 6.62. The van der Waals surface area contributed by atoms with Gasteiger partial charge in [0, 0.05) is 37.9 Å². The zero-order valence-electron chi connectivity index (χ0n) is 14.2. The number of benzene rings is 2. The van der Waals surface area contributed by atoms with Crippen molar-refractivity contribution in [2.24, 2.45) is 0 Å². The van der Waals surface area contributed by atoms with Crippen LogP contribution < -0.4 is 10.1 Å². The number of anilines is 1. The first-order valence-corrected chi connectivity index (χ1v) is 8.91. The van der Waals surface area contributed by atoms with Crippen LogP contribution in [0.3, 0.4) is 0 Å². The molecule has 2 fully saturated rings. The molecule has 0 spiro atoms. The fourth-order valence-corrected chi connectivity index (χ4v) is 3.16. The van der Waals surface area contributed by atoms with Crippen molar-refractivity contribution in [1.82, 2.24) is 9.80 Å². The Morgan fingerprint density at radius 2 is 1.52 bits per heavy atom. The zero-order chi connectivity index (χ0) is 17.1. The first-order chi connectivity index (χ1) is 12.3. The van der Waals surface area contributed by atoms with Gasteiger partial charge < -0.3 is 15.0 Å². The summed E-state index contributed by atoms with van der Waals surface area (Å²) in [6.07, 6.45) is 2.65. The van der Waals surface area contributed by atoms with Crippen LogP contribution in [0.2, 0.25) is 0 Å². The first-order valence-electron chi connectivity index (χ1n) is 8.91. The Morgan fingerprint density at radius 1 is 0.880 bits per heavy atom. The Labute approximate surface area is 148 Å². The lowest BCUT2D eigenvalue weighted by molar-refractivity contribution is 0.142. The van der Waals surface area contributed by atoms with Gasteiger partial charge >= 0.3 is 6.03 Å². The number of hydrogen-bond acceptors (Lipinski definition) is 3. The van der Waals surface area contributed by atoms with E-state index in [1.807, 2.05) is 59.5 Å². The summed E-state index contributed by atoms with van der Waals surface area (Å²) in [5.74, 6) is 1.55. The van der Waals surface area contributed by atoms with Gasteiger partial charge in [0.2, 0.25) is 0 Å². The van der Waals surface area contributed by atoms with E-state index in [2.05, 4.69) is 10.2 Å². The molecule has 130 valence electrons. The molecule has 2 aromatic carbocycles. The third kappa shape index (κ3) is 4.12. The van der Waals surface area contributed by atoms with Crippen LogP contribution in [0.15, 0.2) is 54.6 Å². The monoisotopic (exact) mass is 337 g/mol. The van der Waals surface area contributed by atoms with Crippen LogP contribution in [0.4, 0.5) is 10.5 Å². The molecule has 0 atom stereocenters. The largest absolute Gasteiger partial charge is 0.457 e. The molecule has 2 amide bonds. The summed E-state index contributed by atoms with van der Waals surface area (Å²) in [6.45, 7) is 3.58. The van der Waals surface area contributed by atoms with E-state index in [0.717, 1.165) is 49.4 Å². The van der Waals surface area contributed by atoms with Gasteiger partial charge in [-0.25, -0.2) is 4.79 Å². The summed E-state index contributed by atoms with van der Waals surface area (Å²) in [4.78, 5) is 16.8. The van der Waals surface area contributed by atoms with Crippen molar-refractivity contribution in [2.75, 3.05) is 31.5 Å². The highest BCUT2D eigenvalue weighted by Crippen LogP contribution is 2.27. The second-order valence-electron chi connectivity index (χ2n) is 6.62. The Kier molecular flexibility index (Phi) is 4.57. The molecule has 2 aliphatic rings. The van der Waals surface area contributed by atoms with E-state index in [0.29, 0.717) is 0 Å². The van der Waals surface area contributed by atoms with Crippen LogP contribution in [0.5, 0.6) is 11.5 Å². The standard InChI is InChI=1S/C20H23N3O2/c24-20(23-14-12-22(13-15-23)17-8-9-17)21-16-6-10-19(11-7-16)25-18-4-2-1-3-5-18/h1-7,10-11,17H,8-9,12-15H2,(H,21,24). The van der Waals surface area contributed by atoms with Gasteiger partial charge in [-0.2, -0.15) is 0 Å². The number of amides is 2. The number of rotatable bonds is 4. The lowest BCUT2D eigenvalue weighted by Crippen LogP contribution is -2.50. The van der Waals surface area contributed by atoms with Crippen molar-refractivity contribution in [3.63, 3.8) is 0 Å². The molecule has 1 aliphatic heterocycles. The highest BCUT2D eigenvalue weighted by molar-refractivity contribution is 5.89. The van der Waals surface area contributed by atoms with Crippen molar-refractivity contribution >= 4 is 11.7 Å². The Balaban J connectivity index is 1.29. The third-order valence-electron chi connectivity index (χ3n) is 4.75. The van der Waals surface area contributed by atoms with Crippen LogP contribution >= 0.6 is 0 Å². The SMILES string of the molecule is O=C(Nc1ccc(Oc2ccccc2)cc1)N1CCN(C2CC2)CC1. The number of urea groups is 1. The molecule has 4 rings (SSSR count). The summed E-state index contributed by atoms with van der Waals surface area (Å²) in [6, 6.07) is 17.9. The number of ether oxygens (including phenoxy) is 1. The van der Waals surface area contributed by atoms with Crippen molar-refractivity contribution in [3.8, 4) is 11.5 Å². The molecule has 5 heteroatoms. The van der Waals surface area contributed by atoms with Crippen LogP contribution in [0.25, 0.3) is 0 Å². The molecule has 0 aromatic heterocycles. The highest BCUT2D eigenvalue weighted by Gasteiger charge is 2.32. The number of nitrogens with zero attached hydrogens (tertiary/aromatic N) is 2. The van der Waals surface area contributed by atoms with E-state index in [9.17, 15) is 4.79 Å². The number of piperazine rings is 1. The van der Waals surface area contributed by atoms with Crippen molar-refractivity contribution in [1.29, 1.82) is 0 Å². The maximum atomic E-state index is 12.4. The number of carbonyl (C=O) groups excluding carboxylic acids is 1. The van der Waals surface area contributed by atoms with E-state index < -0.39 is 0 Å². The molecule has 5 nitrogen and oxygen atoms in total. The molecule has 0 bridgehead atoms. The average molecular weight is 337 g/mol. The van der Waals surface area contributed by atoms with Gasteiger partial charge in [-0.05, 0) is 49.2 Å². The molecule has 25 heavy (non-hydrogen) atoms. The smallest absolute Gasteiger partial charge is 0.321 e.